The summed E-state index contributed by atoms with van der Waals surface area (Å²) in [7, 11) is -1.78. The third-order valence-corrected chi connectivity index (χ3v) is 5.83. The molecule has 1 rings (SSSR count). The second kappa shape index (κ2) is 7.43. The number of nitrogens with zero attached hydrogens (tertiary/aromatic N) is 1. The SMILES string of the molecule is CCCCCN(C)S(=O)(=O)c1cc(CCl)c(C)cc1C. The number of hydrogen-bond donors (Lipinski definition) is 0. The number of benzene rings is 1. The first-order valence-electron chi connectivity index (χ1n) is 6.97. The molecule has 0 aromatic heterocycles. The van der Waals surface area contributed by atoms with Gasteiger partial charge in [-0.2, -0.15) is 0 Å². The van der Waals surface area contributed by atoms with E-state index in [0.717, 1.165) is 36.0 Å². The lowest BCUT2D eigenvalue weighted by atomic mass is 10.1. The molecular formula is C15H24ClNO2S. The van der Waals surface area contributed by atoms with E-state index in [1.54, 1.807) is 13.1 Å². The summed E-state index contributed by atoms with van der Waals surface area (Å²) >= 11 is 5.88. The van der Waals surface area contributed by atoms with Crippen molar-refractivity contribution in [3.63, 3.8) is 0 Å². The van der Waals surface area contributed by atoms with Crippen molar-refractivity contribution in [3.05, 3.63) is 28.8 Å². The predicted molar refractivity (Wildman–Crippen MR) is 84.8 cm³/mol. The Labute approximate surface area is 128 Å². The Hall–Kier alpha value is -0.580. The highest BCUT2D eigenvalue weighted by atomic mass is 35.5. The first kappa shape index (κ1) is 17.5. The smallest absolute Gasteiger partial charge is 0.207 e. The molecule has 114 valence electrons. The van der Waals surface area contributed by atoms with Gasteiger partial charge in [-0.05, 0) is 43.0 Å². The molecule has 0 bridgehead atoms. The lowest BCUT2D eigenvalue weighted by Gasteiger charge is -2.19. The molecule has 20 heavy (non-hydrogen) atoms. The molecule has 1 aromatic carbocycles. The highest BCUT2D eigenvalue weighted by Gasteiger charge is 2.23. The van der Waals surface area contributed by atoms with E-state index in [-0.39, 0.29) is 0 Å². The molecule has 0 aliphatic carbocycles. The van der Waals surface area contributed by atoms with Gasteiger partial charge in [-0.3, -0.25) is 0 Å². The fourth-order valence-corrected chi connectivity index (χ4v) is 3.92. The van der Waals surface area contributed by atoms with Gasteiger partial charge in [0.25, 0.3) is 0 Å². The molecule has 0 spiro atoms. The lowest BCUT2D eigenvalue weighted by Crippen LogP contribution is -2.28. The molecule has 0 N–H and O–H groups in total. The van der Waals surface area contributed by atoms with E-state index in [2.05, 4.69) is 6.92 Å². The Bertz CT molecular complexity index is 555. The van der Waals surface area contributed by atoms with Crippen LogP contribution in [0.25, 0.3) is 0 Å². The van der Waals surface area contributed by atoms with Crippen LogP contribution in [-0.4, -0.2) is 26.3 Å². The Morgan fingerprint density at radius 2 is 1.80 bits per heavy atom. The van der Waals surface area contributed by atoms with E-state index in [1.165, 1.54) is 4.31 Å². The maximum atomic E-state index is 12.6. The largest absolute Gasteiger partial charge is 0.243 e. The van der Waals surface area contributed by atoms with Gasteiger partial charge in [0, 0.05) is 19.5 Å². The van der Waals surface area contributed by atoms with Gasteiger partial charge in [0.1, 0.15) is 0 Å². The molecule has 0 radical (unpaired) electrons. The fraction of sp³-hybridized carbons (Fsp3) is 0.600. The quantitative estimate of drug-likeness (QED) is 0.566. The number of unbranched alkanes of at least 4 members (excludes halogenated alkanes) is 2. The fourth-order valence-electron chi connectivity index (χ4n) is 2.17. The van der Waals surface area contributed by atoms with Crippen molar-refractivity contribution < 1.29 is 8.42 Å². The number of aryl methyl sites for hydroxylation is 2. The molecule has 0 heterocycles. The highest BCUT2D eigenvalue weighted by molar-refractivity contribution is 7.89. The summed E-state index contributed by atoms with van der Waals surface area (Å²) in [5.41, 5.74) is 2.68. The normalized spacial score (nSPS) is 12.1. The Morgan fingerprint density at radius 1 is 1.15 bits per heavy atom. The van der Waals surface area contributed by atoms with Gasteiger partial charge in [-0.25, -0.2) is 12.7 Å². The minimum atomic E-state index is -3.42. The zero-order chi connectivity index (χ0) is 15.3. The minimum absolute atomic E-state index is 0.328. The van der Waals surface area contributed by atoms with Gasteiger partial charge in [0.15, 0.2) is 0 Å². The van der Waals surface area contributed by atoms with E-state index in [0.29, 0.717) is 17.3 Å². The predicted octanol–water partition coefficient (Wildman–Crippen LogP) is 3.85. The average Bonchev–Trinajstić information content (AvgIpc) is 2.38. The molecule has 3 nitrogen and oxygen atoms in total. The Balaban J connectivity index is 3.08. The molecule has 0 fully saturated rings. The first-order chi connectivity index (χ1) is 9.34. The molecule has 0 saturated heterocycles. The van der Waals surface area contributed by atoms with E-state index < -0.39 is 10.0 Å². The van der Waals surface area contributed by atoms with Crippen molar-refractivity contribution >= 4 is 21.6 Å². The monoisotopic (exact) mass is 317 g/mol. The van der Waals surface area contributed by atoms with Gasteiger partial charge in [0.05, 0.1) is 4.90 Å². The van der Waals surface area contributed by atoms with Crippen molar-refractivity contribution in [1.82, 2.24) is 4.31 Å². The van der Waals surface area contributed by atoms with Crippen molar-refractivity contribution in [2.45, 2.75) is 50.8 Å². The van der Waals surface area contributed by atoms with Crippen LogP contribution in [0.4, 0.5) is 0 Å². The van der Waals surface area contributed by atoms with Gasteiger partial charge >= 0.3 is 0 Å². The van der Waals surface area contributed by atoms with Crippen molar-refractivity contribution in [3.8, 4) is 0 Å². The van der Waals surface area contributed by atoms with Crippen LogP contribution in [0.1, 0.15) is 42.9 Å². The zero-order valence-corrected chi connectivity index (χ0v) is 14.3. The summed E-state index contributed by atoms with van der Waals surface area (Å²) in [6, 6.07) is 3.60. The van der Waals surface area contributed by atoms with E-state index >= 15 is 0 Å². The first-order valence-corrected chi connectivity index (χ1v) is 8.94. The minimum Gasteiger partial charge on any atom is -0.207 e. The molecule has 0 unspecified atom stereocenters. The van der Waals surface area contributed by atoms with Gasteiger partial charge in [-0.1, -0.05) is 25.8 Å². The summed E-state index contributed by atoms with van der Waals surface area (Å²) in [5, 5.41) is 0. The summed E-state index contributed by atoms with van der Waals surface area (Å²) in [6.07, 6.45) is 3.01. The van der Waals surface area contributed by atoms with Gasteiger partial charge in [0.2, 0.25) is 10.0 Å². The summed E-state index contributed by atoms with van der Waals surface area (Å²) < 4.78 is 26.7. The molecule has 0 aliphatic rings. The van der Waals surface area contributed by atoms with E-state index in [4.69, 9.17) is 11.6 Å². The van der Waals surface area contributed by atoms with Crippen molar-refractivity contribution in [1.29, 1.82) is 0 Å². The molecule has 1 aromatic rings. The molecule has 0 atom stereocenters. The second-order valence-electron chi connectivity index (χ2n) is 5.21. The summed E-state index contributed by atoms with van der Waals surface area (Å²) in [5.74, 6) is 0.328. The topological polar surface area (TPSA) is 37.4 Å². The number of hydrogen-bond acceptors (Lipinski definition) is 2. The van der Waals surface area contributed by atoms with Crippen LogP contribution in [0, 0.1) is 13.8 Å². The number of sulfonamides is 1. The summed E-state index contributed by atoms with van der Waals surface area (Å²) in [6.45, 7) is 6.44. The number of halogens is 1. The maximum absolute atomic E-state index is 12.6. The molecule has 0 amide bonds. The highest BCUT2D eigenvalue weighted by Crippen LogP contribution is 2.24. The maximum Gasteiger partial charge on any atom is 0.243 e. The Morgan fingerprint density at radius 3 is 2.35 bits per heavy atom. The summed E-state index contributed by atoms with van der Waals surface area (Å²) in [4.78, 5) is 0.373. The lowest BCUT2D eigenvalue weighted by molar-refractivity contribution is 0.454. The van der Waals surface area contributed by atoms with Crippen LogP contribution >= 0.6 is 11.6 Å². The second-order valence-corrected chi connectivity index (χ2v) is 7.49. The molecule has 0 saturated carbocycles. The number of rotatable bonds is 7. The third-order valence-electron chi connectivity index (χ3n) is 3.54. The molecule has 0 aliphatic heterocycles. The van der Waals surface area contributed by atoms with E-state index in [1.807, 2.05) is 19.9 Å². The van der Waals surface area contributed by atoms with Crippen LogP contribution in [0.2, 0.25) is 0 Å². The van der Waals surface area contributed by atoms with Crippen molar-refractivity contribution in [2.24, 2.45) is 0 Å². The van der Waals surface area contributed by atoms with Crippen LogP contribution in [0.3, 0.4) is 0 Å². The Kier molecular flexibility index (Phi) is 6.49. The van der Waals surface area contributed by atoms with Gasteiger partial charge in [-0.15, -0.1) is 11.6 Å². The van der Waals surface area contributed by atoms with Crippen LogP contribution in [0.15, 0.2) is 17.0 Å². The van der Waals surface area contributed by atoms with Crippen LogP contribution in [-0.2, 0) is 15.9 Å². The zero-order valence-electron chi connectivity index (χ0n) is 12.7. The third kappa shape index (κ3) is 3.96. The molecule has 5 heteroatoms. The standard InChI is InChI=1S/C15H24ClNO2S/c1-5-6-7-8-17(4)20(18,19)15-10-14(11-16)12(2)9-13(15)3/h9-10H,5-8,11H2,1-4H3. The average molecular weight is 318 g/mol. The van der Waals surface area contributed by atoms with E-state index in [9.17, 15) is 8.42 Å². The number of alkyl halides is 1. The van der Waals surface area contributed by atoms with Gasteiger partial charge < -0.3 is 0 Å². The van der Waals surface area contributed by atoms with Crippen molar-refractivity contribution in [2.75, 3.05) is 13.6 Å². The van der Waals surface area contributed by atoms with Crippen LogP contribution in [0.5, 0.6) is 0 Å². The van der Waals surface area contributed by atoms with Crippen LogP contribution < -0.4 is 0 Å². The molecular weight excluding hydrogens is 294 g/mol.